The summed E-state index contributed by atoms with van der Waals surface area (Å²) in [6.07, 6.45) is 5.13. The lowest BCUT2D eigenvalue weighted by atomic mass is 9.96. The maximum absolute atomic E-state index is 12.2. The molecule has 2 aliphatic rings. The topological polar surface area (TPSA) is 38.8 Å². The van der Waals surface area contributed by atoms with Crippen LogP contribution in [-0.2, 0) is 17.6 Å². The number of nitrogens with zero attached hydrogens (tertiary/aromatic N) is 1. The molecule has 1 saturated heterocycles. The van der Waals surface area contributed by atoms with Crippen LogP contribution in [0.4, 0.5) is 0 Å². The Morgan fingerprint density at radius 2 is 1.90 bits per heavy atom. The highest BCUT2D eigenvalue weighted by Crippen LogP contribution is 2.37. The minimum atomic E-state index is -0.209. The normalized spacial score (nSPS) is 16.6. The number of fused-ring (bicyclic) bond motifs is 1. The Morgan fingerprint density at radius 3 is 2.62 bits per heavy atom. The number of benzene rings is 2. The first-order valence-corrected chi connectivity index (χ1v) is 10.8. The molecule has 2 aromatic rings. The third-order valence-corrected chi connectivity index (χ3v) is 6.22. The van der Waals surface area contributed by atoms with Crippen LogP contribution in [-0.4, -0.2) is 36.1 Å². The molecule has 0 saturated carbocycles. The molecule has 0 radical (unpaired) electrons. The van der Waals surface area contributed by atoms with E-state index in [9.17, 15) is 4.79 Å². The van der Waals surface area contributed by atoms with Crippen LogP contribution in [0.15, 0.2) is 42.5 Å². The molecule has 0 aromatic heterocycles. The Balaban J connectivity index is 1.61. The minimum Gasteiger partial charge on any atom is -0.496 e. The summed E-state index contributed by atoms with van der Waals surface area (Å²) in [4.78, 5) is 14.3. The van der Waals surface area contributed by atoms with E-state index in [1.165, 1.54) is 5.56 Å². The van der Waals surface area contributed by atoms with Crippen molar-refractivity contribution >= 4 is 23.2 Å². The maximum atomic E-state index is 12.2. The van der Waals surface area contributed by atoms with Gasteiger partial charge in [0.1, 0.15) is 11.9 Å². The van der Waals surface area contributed by atoms with Crippen molar-refractivity contribution in [2.24, 2.45) is 0 Å². The second kappa shape index (κ2) is 8.95. The maximum Gasteiger partial charge on any atom is 0.259 e. The predicted octanol–water partition coefficient (Wildman–Crippen LogP) is 4.90. The molecule has 152 valence electrons. The molecule has 5 heteroatoms. The van der Waals surface area contributed by atoms with Gasteiger partial charge in [0, 0.05) is 30.6 Å². The molecule has 1 aliphatic carbocycles. The first kappa shape index (κ1) is 19.9. The largest absolute Gasteiger partial charge is 0.496 e. The van der Waals surface area contributed by atoms with Gasteiger partial charge in [-0.1, -0.05) is 30.3 Å². The van der Waals surface area contributed by atoms with Crippen LogP contribution >= 0.6 is 12.2 Å². The van der Waals surface area contributed by atoms with Gasteiger partial charge in [-0.2, -0.15) is 0 Å². The van der Waals surface area contributed by atoms with E-state index < -0.39 is 0 Å². The van der Waals surface area contributed by atoms with Crippen molar-refractivity contribution in [3.05, 3.63) is 64.7 Å². The van der Waals surface area contributed by atoms with Crippen molar-refractivity contribution < 1.29 is 14.3 Å². The molecule has 1 aliphatic heterocycles. The summed E-state index contributed by atoms with van der Waals surface area (Å²) in [5, 5.41) is 0.569. The van der Waals surface area contributed by atoms with Crippen molar-refractivity contribution in [1.29, 1.82) is 0 Å². The molecule has 0 amide bonds. The first-order valence-electron chi connectivity index (χ1n) is 10.4. The Hall–Kier alpha value is -2.40. The second-order valence-electron chi connectivity index (χ2n) is 7.77. The van der Waals surface area contributed by atoms with E-state index in [1.807, 2.05) is 12.1 Å². The van der Waals surface area contributed by atoms with Crippen LogP contribution in [0.2, 0.25) is 0 Å². The third kappa shape index (κ3) is 4.45. The van der Waals surface area contributed by atoms with Crippen molar-refractivity contribution in [1.82, 2.24) is 4.90 Å². The number of likely N-dealkylation sites (tertiary alicyclic amines) is 1. The highest BCUT2D eigenvalue weighted by molar-refractivity contribution is 7.80. The Morgan fingerprint density at radius 1 is 1.14 bits per heavy atom. The van der Waals surface area contributed by atoms with E-state index in [2.05, 4.69) is 35.2 Å². The molecule has 0 spiro atoms. The average molecular weight is 410 g/mol. The number of ether oxygens (including phenoxy) is 2. The van der Waals surface area contributed by atoms with Gasteiger partial charge in [0.2, 0.25) is 0 Å². The zero-order chi connectivity index (χ0) is 20.2. The number of rotatable bonds is 6. The van der Waals surface area contributed by atoms with Crippen LogP contribution in [0.25, 0.3) is 0 Å². The van der Waals surface area contributed by atoms with Crippen molar-refractivity contribution in [3.63, 3.8) is 0 Å². The van der Waals surface area contributed by atoms with Crippen molar-refractivity contribution in [3.8, 4) is 5.75 Å². The number of aryl methyl sites for hydroxylation is 2. The fourth-order valence-electron chi connectivity index (χ4n) is 4.24. The van der Waals surface area contributed by atoms with Gasteiger partial charge in [0.05, 0.1) is 7.11 Å². The monoisotopic (exact) mass is 409 g/mol. The van der Waals surface area contributed by atoms with E-state index >= 15 is 0 Å². The molecular formula is C24H27NO3S. The molecule has 0 bridgehead atoms. The summed E-state index contributed by atoms with van der Waals surface area (Å²) < 4.78 is 12.0. The second-order valence-corrected chi connectivity index (χ2v) is 8.11. The SMILES string of the molecule is COc1cc2c(cc1C(CCc1ccccc1)OC(=S)N1CCCC1)CCC2=O. The highest BCUT2D eigenvalue weighted by atomic mass is 32.1. The summed E-state index contributed by atoms with van der Waals surface area (Å²) in [6.45, 7) is 1.92. The van der Waals surface area contributed by atoms with Gasteiger partial charge in [-0.15, -0.1) is 0 Å². The smallest absolute Gasteiger partial charge is 0.259 e. The predicted molar refractivity (Wildman–Crippen MR) is 118 cm³/mol. The van der Waals surface area contributed by atoms with E-state index in [4.69, 9.17) is 21.7 Å². The van der Waals surface area contributed by atoms with Crippen LogP contribution in [0.3, 0.4) is 0 Å². The van der Waals surface area contributed by atoms with E-state index in [1.54, 1.807) is 7.11 Å². The van der Waals surface area contributed by atoms with Crippen LogP contribution in [0.1, 0.15) is 58.8 Å². The van der Waals surface area contributed by atoms with E-state index in [0.717, 1.165) is 61.9 Å². The van der Waals surface area contributed by atoms with E-state index in [0.29, 0.717) is 17.3 Å². The number of carbonyl (C=O) groups is 1. The lowest BCUT2D eigenvalue weighted by Crippen LogP contribution is -2.29. The molecule has 4 rings (SSSR count). The summed E-state index contributed by atoms with van der Waals surface area (Å²) in [6, 6.07) is 14.4. The molecule has 4 nitrogen and oxygen atoms in total. The number of ketones is 1. The summed E-state index contributed by atoms with van der Waals surface area (Å²) in [7, 11) is 1.65. The molecule has 1 unspecified atom stereocenters. The molecule has 1 atom stereocenters. The fraction of sp³-hybridized carbons (Fsp3) is 0.417. The number of hydrogen-bond donors (Lipinski definition) is 0. The lowest BCUT2D eigenvalue weighted by Gasteiger charge is -2.26. The quantitative estimate of drug-likeness (QED) is 0.635. The van der Waals surface area contributed by atoms with Gasteiger partial charge < -0.3 is 14.4 Å². The minimum absolute atomic E-state index is 0.194. The average Bonchev–Trinajstić information content (AvgIpc) is 3.41. The van der Waals surface area contributed by atoms with Gasteiger partial charge in [-0.25, -0.2) is 0 Å². The zero-order valence-corrected chi connectivity index (χ0v) is 17.7. The number of methoxy groups -OCH3 is 1. The number of carbonyl (C=O) groups excluding carboxylic acids is 1. The van der Waals surface area contributed by atoms with Gasteiger partial charge in [0.15, 0.2) is 5.78 Å². The van der Waals surface area contributed by atoms with Gasteiger partial charge in [-0.05, 0) is 67.6 Å². The van der Waals surface area contributed by atoms with Crippen LogP contribution in [0, 0.1) is 0 Å². The summed E-state index contributed by atoms with van der Waals surface area (Å²) >= 11 is 5.63. The molecule has 0 N–H and O–H groups in total. The molecular weight excluding hydrogens is 382 g/mol. The highest BCUT2D eigenvalue weighted by Gasteiger charge is 2.28. The van der Waals surface area contributed by atoms with E-state index in [-0.39, 0.29) is 11.9 Å². The number of hydrogen-bond acceptors (Lipinski definition) is 4. The van der Waals surface area contributed by atoms with Gasteiger partial charge in [0.25, 0.3) is 5.17 Å². The Kier molecular flexibility index (Phi) is 6.14. The molecule has 1 fully saturated rings. The number of thiocarbonyl (C=S) groups is 1. The van der Waals surface area contributed by atoms with Gasteiger partial charge in [-0.3, -0.25) is 4.79 Å². The Labute approximate surface area is 177 Å². The summed E-state index contributed by atoms with van der Waals surface area (Å²) in [5.74, 6) is 0.903. The number of Topliss-reactive ketones (excluding diaryl/α,β-unsaturated/α-hetero) is 1. The zero-order valence-electron chi connectivity index (χ0n) is 16.9. The summed E-state index contributed by atoms with van der Waals surface area (Å²) in [5.41, 5.74) is 4.13. The Bertz CT molecular complexity index is 890. The van der Waals surface area contributed by atoms with Crippen LogP contribution in [0.5, 0.6) is 5.75 Å². The molecule has 1 heterocycles. The first-order chi connectivity index (χ1) is 14.2. The molecule has 29 heavy (non-hydrogen) atoms. The molecule has 2 aromatic carbocycles. The van der Waals surface area contributed by atoms with Crippen molar-refractivity contribution in [2.75, 3.05) is 20.2 Å². The van der Waals surface area contributed by atoms with Crippen LogP contribution < -0.4 is 4.74 Å². The lowest BCUT2D eigenvalue weighted by molar-refractivity contribution is 0.0994. The van der Waals surface area contributed by atoms with Gasteiger partial charge >= 0.3 is 0 Å². The fourth-order valence-corrected chi connectivity index (χ4v) is 4.54. The van der Waals surface area contributed by atoms with Crippen molar-refractivity contribution in [2.45, 2.75) is 44.6 Å². The third-order valence-electron chi connectivity index (χ3n) is 5.87. The standard InChI is InChI=1S/C24H27NO3S/c1-27-23-16-19-18(10-11-21(19)26)15-20(23)22(12-9-17-7-3-2-4-8-17)28-24(29)25-13-5-6-14-25/h2-4,7-8,15-16,22H,5-6,9-14H2,1H3.